The van der Waals surface area contributed by atoms with Gasteiger partial charge >= 0.3 is 0 Å². The lowest BCUT2D eigenvalue weighted by atomic mass is 10.2. The Hall–Kier alpha value is -3.03. The summed E-state index contributed by atoms with van der Waals surface area (Å²) in [5, 5.41) is 3.03. The minimum atomic E-state index is -0.0584. The Morgan fingerprint density at radius 1 is 1.10 bits per heavy atom. The van der Waals surface area contributed by atoms with E-state index in [1.807, 2.05) is 54.0 Å². The standard InChI is InChI=1S/C23H28N4O3/c1-25(19-5-8-21(29-2)9-6-19)22-10-7-20-4-3-18(17-27(20)22)23(28)24-11-12-26-13-15-30-16-14-26/h3-10,17H,11-16H2,1-2H3,(H,24,28). The van der Waals surface area contributed by atoms with Crippen LogP contribution in [0.5, 0.6) is 5.75 Å². The van der Waals surface area contributed by atoms with Crippen LogP contribution in [0, 0.1) is 0 Å². The molecular weight excluding hydrogens is 380 g/mol. The number of pyridine rings is 1. The molecule has 2 aromatic heterocycles. The molecule has 30 heavy (non-hydrogen) atoms. The predicted octanol–water partition coefficient (Wildman–Crippen LogP) is 2.78. The molecule has 0 saturated carbocycles. The third-order valence-electron chi connectivity index (χ3n) is 5.51. The third kappa shape index (κ3) is 4.42. The number of morpholine rings is 1. The number of hydrogen-bond donors (Lipinski definition) is 1. The summed E-state index contributed by atoms with van der Waals surface area (Å²) in [4.78, 5) is 17.1. The van der Waals surface area contributed by atoms with Crippen molar-refractivity contribution < 1.29 is 14.3 Å². The average molecular weight is 409 g/mol. The zero-order valence-corrected chi connectivity index (χ0v) is 17.5. The van der Waals surface area contributed by atoms with Gasteiger partial charge in [0.05, 0.1) is 25.9 Å². The van der Waals surface area contributed by atoms with E-state index in [1.165, 1.54) is 0 Å². The van der Waals surface area contributed by atoms with Crippen molar-refractivity contribution in [3.05, 3.63) is 60.3 Å². The maximum atomic E-state index is 12.7. The fourth-order valence-corrected chi connectivity index (χ4v) is 3.69. The summed E-state index contributed by atoms with van der Waals surface area (Å²) in [7, 11) is 3.67. The van der Waals surface area contributed by atoms with Crippen molar-refractivity contribution in [3.63, 3.8) is 0 Å². The molecule has 1 amide bonds. The highest BCUT2D eigenvalue weighted by molar-refractivity contribution is 5.94. The van der Waals surface area contributed by atoms with E-state index < -0.39 is 0 Å². The van der Waals surface area contributed by atoms with Gasteiger partial charge in [0.15, 0.2) is 0 Å². The van der Waals surface area contributed by atoms with E-state index in [-0.39, 0.29) is 5.91 Å². The first kappa shape index (κ1) is 20.3. The number of carbonyl (C=O) groups excluding carboxylic acids is 1. The maximum Gasteiger partial charge on any atom is 0.252 e. The lowest BCUT2D eigenvalue weighted by Crippen LogP contribution is -2.41. The highest BCUT2D eigenvalue weighted by Crippen LogP contribution is 2.27. The molecule has 7 heteroatoms. The second kappa shape index (κ2) is 9.19. The number of rotatable bonds is 7. The molecule has 158 valence electrons. The zero-order valence-electron chi connectivity index (χ0n) is 17.5. The summed E-state index contributed by atoms with van der Waals surface area (Å²) in [6.07, 6.45) is 1.90. The number of hydrogen-bond acceptors (Lipinski definition) is 5. The number of benzene rings is 1. The van der Waals surface area contributed by atoms with Gasteiger partial charge in [-0.25, -0.2) is 0 Å². The summed E-state index contributed by atoms with van der Waals surface area (Å²) in [6.45, 7) is 4.84. The molecule has 0 aliphatic carbocycles. The SMILES string of the molecule is COc1ccc(N(C)c2ccc3ccc(C(=O)NCCN4CCOCC4)cn23)cc1. The Morgan fingerprint density at radius 2 is 1.83 bits per heavy atom. The summed E-state index contributed by atoms with van der Waals surface area (Å²) in [5.74, 6) is 1.75. The minimum absolute atomic E-state index is 0.0584. The molecule has 3 aromatic rings. The van der Waals surface area contributed by atoms with Crippen LogP contribution in [-0.2, 0) is 4.74 Å². The Kier molecular flexibility index (Phi) is 6.21. The van der Waals surface area contributed by atoms with Crippen molar-refractivity contribution in [2.45, 2.75) is 0 Å². The quantitative estimate of drug-likeness (QED) is 0.652. The minimum Gasteiger partial charge on any atom is -0.497 e. The van der Waals surface area contributed by atoms with E-state index in [0.29, 0.717) is 12.1 Å². The van der Waals surface area contributed by atoms with Gasteiger partial charge in [0.2, 0.25) is 0 Å². The third-order valence-corrected chi connectivity index (χ3v) is 5.51. The van der Waals surface area contributed by atoms with Crippen molar-refractivity contribution >= 4 is 22.9 Å². The van der Waals surface area contributed by atoms with E-state index in [4.69, 9.17) is 9.47 Å². The molecule has 1 saturated heterocycles. The van der Waals surface area contributed by atoms with Gasteiger partial charge in [-0.2, -0.15) is 0 Å². The molecule has 0 spiro atoms. The first-order valence-corrected chi connectivity index (χ1v) is 10.2. The summed E-state index contributed by atoms with van der Waals surface area (Å²) in [6, 6.07) is 15.9. The first-order valence-electron chi connectivity index (χ1n) is 10.2. The number of fused-ring (bicyclic) bond motifs is 1. The van der Waals surface area contributed by atoms with Crippen molar-refractivity contribution in [2.24, 2.45) is 0 Å². The number of carbonyl (C=O) groups is 1. The summed E-state index contributed by atoms with van der Waals surface area (Å²) in [5.41, 5.74) is 2.72. The summed E-state index contributed by atoms with van der Waals surface area (Å²) >= 11 is 0. The largest absolute Gasteiger partial charge is 0.497 e. The lowest BCUT2D eigenvalue weighted by Gasteiger charge is -2.26. The van der Waals surface area contributed by atoms with Crippen LogP contribution in [0.15, 0.2) is 54.7 Å². The van der Waals surface area contributed by atoms with E-state index >= 15 is 0 Å². The average Bonchev–Trinajstić information content (AvgIpc) is 3.22. The van der Waals surface area contributed by atoms with Gasteiger partial charge in [0.25, 0.3) is 5.91 Å². The fraction of sp³-hybridized carbons (Fsp3) is 0.348. The normalized spacial score (nSPS) is 14.6. The fourth-order valence-electron chi connectivity index (χ4n) is 3.69. The molecule has 1 aliphatic rings. The first-order chi connectivity index (χ1) is 14.7. The molecule has 4 rings (SSSR count). The molecule has 3 heterocycles. The van der Waals surface area contributed by atoms with Crippen LogP contribution in [0.2, 0.25) is 0 Å². The number of anilines is 2. The predicted molar refractivity (Wildman–Crippen MR) is 118 cm³/mol. The Balaban J connectivity index is 1.46. The highest BCUT2D eigenvalue weighted by Gasteiger charge is 2.13. The number of methoxy groups -OCH3 is 1. The molecule has 0 atom stereocenters. The highest BCUT2D eigenvalue weighted by atomic mass is 16.5. The van der Waals surface area contributed by atoms with Crippen LogP contribution in [0.3, 0.4) is 0 Å². The van der Waals surface area contributed by atoms with Crippen molar-refractivity contribution in [3.8, 4) is 5.75 Å². The van der Waals surface area contributed by atoms with Gasteiger partial charge in [-0.05, 0) is 48.5 Å². The van der Waals surface area contributed by atoms with Gasteiger partial charge in [-0.3, -0.25) is 9.69 Å². The van der Waals surface area contributed by atoms with Crippen LogP contribution >= 0.6 is 0 Å². The topological polar surface area (TPSA) is 58.5 Å². The van der Waals surface area contributed by atoms with Gasteiger partial charge in [0.1, 0.15) is 11.6 Å². The van der Waals surface area contributed by atoms with Gasteiger partial charge in [-0.15, -0.1) is 0 Å². The van der Waals surface area contributed by atoms with Gasteiger partial charge in [-0.1, -0.05) is 0 Å². The maximum absolute atomic E-state index is 12.7. The van der Waals surface area contributed by atoms with Crippen LogP contribution < -0.4 is 15.0 Å². The van der Waals surface area contributed by atoms with E-state index in [9.17, 15) is 4.79 Å². The van der Waals surface area contributed by atoms with E-state index in [2.05, 4.69) is 27.2 Å². The molecule has 0 radical (unpaired) electrons. The Bertz CT molecular complexity index is 993. The number of amides is 1. The van der Waals surface area contributed by atoms with Crippen molar-refractivity contribution in [2.75, 3.05) is 58.5 Å². The number of ether oxygens (including phenoxy) is 2. The molecule has 1 aromatic carbocycles. The lowest BCUT2D eigenvalue weighted by molar-refractivity contribution is 0.0383. The number of aromatic nitrogens is 1. The number of nitrogens with one attached hydrogen (secondary N) is 1. The molecular formula is C23H28N4O3. The van der Waals surface area contributed by atoms with E-state index in [1.54, 1.807) is 7.11 Å². The Labute approximate surface area is 176 Å². The van der Waals surface area contributed by atoms with Crippen molar-refractivity contribution in [1.82, 2.24) is 14.6 Å². The molecule has 1 N–H and O–H groups in total. The molecule has 1 fully saturated rings. The van der Waals surface area contributed by atoms with Gasteiger partial charge < -0.3 is 24.1 Å². The smallest absolute Gasteiger partial charge is 0.252 e. The molecule has 0 unspecified atom stereocenters. The van der Waals surface area contributed by atoms with Crippen LogP contribution in [0.4, 0.5) is 11.5 Å². The van der Waals surface area contributed by atoms with Crippen LogP contribution in [-0.4, -0.2) is 68.8 Å². The number of nitrogens with zero attached hydrogens (tertiary/aromatic N) is 3. The zero-order chi connectivity index (χ0) is 20.9. The molecule has 1 aliphatic heterocycles. The van der Waals surface area contributed by atoms with Crippen molar-refractivity contribution in [1.29, 1.82) is 0 Å². The van der Waals surface area contributed by atoms with Crippen LogP contribution in [0.25, 0.3) is 5.52 Å². The molecule has 0 bridgehead atoms. The van der Waals surface area contributed by atoms with Crippen LogP contribution in [0.1, 0.15) is 10.4 Å². The Morgan fingerprint density at radius 3 is 2.57 bits per heavy atom. The van der Waals surface area contributed by atoms with E-state index in [0.717, 1.165) is 55.6 Å². The monoisotopic (exact) mass is 408 g/mol. The molecule has 7 nitrogen and oxygen atoms in total. The summed E-state index contributed by atoms with van der Waals surface area (Å²) < 4.78 is 12.6. The van der Waals surface area contributed by atoms with Gasteiger partial charge in [0, 0.05) is 50.6 Å². The second-order valence-corrected chi connectivity index (χ2v) is 7.37. The second-order valence-electron chi connectivity index (χ2n) is 7.37.